The van der Waals surface area contributed by atoms with Gasteiger partial charge in [-0.05, 0) is 125 Å². The second kappa shape index (κ2) is 13.2. The Bertz CT molecular complexity index is 1180. The monoisotopic (exact) mass is 504 g/mol. The Kier molecular flexibility index (Phi) is 9.73. The maximum atomic E-state index is 15.0. The van der Waals surface area contributed by atoms with Crippen LogP contribution in [0.3, 0.4) is 0 Å². The molecule has 0 amide bonds. The van der Waals surface area contributed by atoms with Crippen molar-refractivity contribution in [3.05, 3.63) is 94.3 Å². The van der Waals surface area contributed by atoms with E-state index in [1.165, 1.54) is 44.6 Å². The fraction of sp³-hybridized carbons (Fsp3) is 0.471. The number of benzene rings is 2. The summed E-state index contributed by atoms with van der Waals surface area (Å²) in [5.74, 6) is 5.96. The summed E-state index contributed by atoms with van der Waals surface area (Å²) in [4.78, 5) is 0. The van der Waals surface area contributed by atoms with Crippen molar-refractivity contribution in [1.82, 2.24) is 0 Å². The first-order valence-corrected chi connectivity index (χ1v) is 14.0. The lowest BCUT2D eigenvalue weighted by atomic mass is 9.63. The topological polar surface area (TPSA) is 0 Å². The first kappa shape index (κ1) is 27.3. The third-order valence-corrected chi connectivity index (χ3v) is 8.47. The molecule has 196 valence electrons. The fourth-order valence-electron chi connectivity index (χ4n) is 6.36. The second-order valence-corrected chi connectivity index (χ2v) is 10.9. The first-order chi connectivity index (χ1) is 18.0. The maximum absolute atomic E-state index is 15.0. The van der Waals surface area contributed by atoms with Gasteiger partial charge in [0.25, 0.3) is 0 Å². The van der Waals surface area contributed by atoms with Crippen molar-refractivity contribution in [2.45, 2.75) is 84.0 Å². The molecule has 4 rings (SSSR count). The number of hydrogen-bond donors (Lipinski definition) is 0. The van der Waals surface area contributed by atoms with E-state index >= 15 is 0 Å². The zero-order valence-corrected chi connectivity index (χ0v) is 22.2. The molecule has 2 saturated carbocycles. The Hall–Kier alpha value is -2.73. The number of aryl methyl sites for hydroxylation is 1. The molecule has 0 aromatic heterocycles. The van der Waals surface area contributed by atoms with Crippen LogP contribution in [0.2, 0.25) is 0 Å². The molecule has 0 N–H and O–H groups in total. The SMILES string of the molecule is C/C=C/CCc1ccc(C#Cc2ccc(C3CCC4CC(CC/C=C/C)CCC4C3)cc2F)c(F)c1F. The predicted octanol–water partition coefficient (Wildman–Crippen LogP) is 9.67. The number of hydrogen-bond acceptors (Lipinski definition) is 0. The van der Waals surface area contributed by atoms with E-state index in [0.717, 1.165) is 36.2 Å². The number of halogens is 3. The molecule has 0 nitrogen and oxygen atoms in total. The Morgan fingerprint density at radius 3 is 2.27 bits per heavy atom. The van der Waals surface area contributed by atoms with Crippen molar-refractivity contribution >= 4 is 0 Å². The first-order valence-electron chi connectivity index (χ1n) is 14.0. The standard InChI is InChI=1S/C34H39F3/c1-3-5-7-9-24-11-12-29-22-30(20-19-28(29)21-24)31-18-14-25(32(35)23-31)13-15-27-17-16-26(10-8-6-4-2)33(36)34(27)37/h3-6,14,16-18,23-24,28-30H,7-12,19-22H2,1-2H3/b5-3+,6-4+. The van der Waals surface area contributed by atoms with Gasteiger partial charge < -0.3 is 0 Å². The molecule has 4 atom stereocenters. The number of fused-ring (bicyclic) bond motifs is 1. The molecule has 2 aromatic rings. The van der Waals surface area contributed by atoms with Crippen LogP contribution in [0, 0.1) is 47.0 Å². The average molecular weight is 505 g/mol. The molecule has 0 spiro atoms. The van der Waals surface area contributed by atoms with Crippen LogP contribution in [-0.2, 0) is 6.42 Å². The van der Waals surface area contributed by atoms with Gasteiger partial charge in [0.1, 0.15) is 5.82 Å². The average Bonchev–Trinajstić information content (AvgIpc) is 2.91. The molecule has 2 aliphatic carbocycles. The molecule has 0 heterocycles. The van der Waals surface area contributed by atoms with E-state index in [-0.39, 0.29) is 16.9 Å². The van der Waals surface area contributed by atoms with Gasteiger partial charge in [-0.15, -0.1) is 0 Å². The van der Waals surface area contributed by atoms with E-state index in [4.69, 9.17) is 0 Å². The van der Waals surface area contributed by atoms with Gasteiger partial charge in [0.15, 0.2) is 11.6 Å². The zero-order valence-electron chi connectivity index (χ0n) is 22.2. The molecule has 0 aliphatic heterocycles. The highest BCUT2D eigenvalue weighted by atomic mass is 19.2. The van der Waals surface area contributed by atoms with Crippen LogP contribution in [0.15, 0.2) is 54.6 Å². The van der Waals surface area contributed by atoms with Gasteiger partial charge in [-0.3, -0.25) is 0 Å². The van der Waals surface area contributed by atoms with Crippen LogP contribution < -0.4 is 0 Å². The summed E-state index contributed by atoms with van der Waals surface area (Å²) >= 11 is 0. The van der Waals surface area contributed by atoms with Gasteiger partial charge in [0.05, 0.1) is 11.1 Å². The minimum atomic E-state index is -0.962. The van der Waals surface area contributed by atoms with Crippen molar-refractivity contribution in [1.29, 1.82) is 0 Å². The summed E-state index contributed by atoms with van der Waals surface area (Å²) < 4.78 is 43.9. The van der Waals surface area contributed by atoms with Crippen molar-refractivity contribution in [3.63, 3.8) is 0 Å². The Balaban J connectivity index is 1.39. The van der Waals surface area contributed by atoms with Gasteiger partial charge in [0.2, 0.25) is 0 Å². The molecular weight excluding hydrogens is 465 g/mol. The molecule has 3 heteroatoms. The van der Waals surface area contributed by atoms with Crippen LogP contribution in [0.25, 0.3) is 0 Å². The Labute approximate surface area is 221 Å². The third-order valence-electron chi connectivity index (χ3n) is 8.47. The quantitative estimate of drug-likeness (QED) is 0.260. The van der Waals surface area contributed by atoms with Crippen molar-refractivity contribution in [2.75, 3.05) is 0 Å². The Morgan fingerprint density at radius 1 is 0.784 bits per heavy atom. The molecule has 0 radical (unpaired) electrons. The largest absolute Gasteiger partial charge is 0.206 e. The lowest BCUT2D eigenvalue weighted by Crippen LogP contribution is -2.30. The van der Waals surface area contributed by atoms with E-state index in [2.05, 4.69) is 30.9 Å². The molecule has 0 saturated heterocycles. The van der Waals surface area contributed by atoms with Crippen molar-refractivity contribution < 1.29 is 13.2 Å². The van der Waals surface area contributed by atoms with Crippen LogP contribution in [0.4, 0.5) is 13.2 Å². The summed E-state index contributed by atoms with van der Waals surface area (Å²) in [6.07, 6.45) is 19.3. The number of rotatable bonds is 7. The number of allylic oxidation sites excluding steroid dienone is 4. The summed E-state index contributed by atoms with van der Waals surface area (Å²) in [6, 6.07) is 8.33. The molecule has 4 unspecified atom stereocenters. The highest BCUT2D eigenvalue weighted by Crippen LogP contribution is 2.48. The molecule has 2 fully saturated rings. The van der Waals surface area contributed by atoms with E-state index in [9.17, 15) is 13.2 Å². The van der Waals surface area contributed by atoms with Gasteiger partial charge in [-0.2, -0.15) is 0 Å². The van der Waals surface area contributed by atoms with Crippen LogP contribution >= 0.6 is 0 Å². The predicted molar refractivity (Wildman–Crippen MR) is 147 cm³/mol. The smallest absolute Gasteiger partial charge is 0.174 e. The fourth-order valence-corrected chi connectivity index (χ4v) is 6.36. The van der Waals surface area contributed by atoms with Crippen LogP contribution in [-0.4, -0.2) is 0 Å². The lowest BCUT2D eigenvalue weighted by Gasteiger charge is -2.42. The third kappa shape index (κ3) is 6.98. The molecular formula is C34H39F3. The van der Waals surface area contributed by atoms with Crippen molar-refractivity contribution in [2.24, 2.45) is 17.8 Å². The normalized spacial score (nSPS) is 23.7. The Morgan fingerprint density at radius 2 is 1.49 bits per heavy atom. The maximum Gasteiger partial charge on any atom is 0.174 e. The summed E-state index contributed by atoms with van der Waals surface area (Å²) in [7, 11) is 0. The minimum Gasteiger partial charge on any atom is -0.206 e. The van der Waals surface area contributed by atoms with Crippen LogP contribution in [0.1, 0.15) is 99.8 Å². The molecule has 0 bridgehead atoms. The van der Waals surface area contributed by atoms with E-state index in [1.807, 2.05) is 25.1 Å². The van der Waals surface area contributed by atoms with Gasteiger partial charge >= 0.3 is 0 Å². The van der Waals surface area contributed by atoms with E-state index in [1.54, 1.807) is 18.2 Å². The summed E-state index contributed by atoms with van der Waals surface area (Å²) in [6.45, 7) is 3.98. The second-order valence-electron chi connectivity index (χ2n) is 10.9. The van der Waals surface area contributed by atoms with Crippen LogP contribution in [0.5, 0.6) is 0 Å². The van der Waals surface area contributed by atoms with Gasteiger partial charge in [0, 0.05) is 0 Å². The highest BCUT2D eigenvalue weighted by Gasteiger charge is 2.35. The zero-order chi connectivity index (χ0) is 26.2. The highest BCUT2D eigenvalue weighted by molar-refractivity contribution is 5.46. The molecule has 37 heavy (non-hydrogen) atoms. The molecule has 2 aromatic carbocycles. The van der Waals surface area contributed by atoms with E-state index < -0.39 is 11.6 Å². The van der Waals surface area contributed by atoms with Gasteiger partial charge in [-0.25, -0.2) is 13.2 Å². The summed E-state index contributed by atoms with van der Waals surface area (Å²) in [5.41, 5.74) is 1.54. The van der Waals surface area contributed by atoms with E-state index in [0.29, 0.717) is 24.3 Å². The van der Waals surface area contributed by atoms with Crippen molar-refractivity contribution in [3.8, 4) is 11.8 Å². The van der Waals surface area contributed by atoms with Gasteiger partial charge in [-0.1, -0.05) is 54.7 Å². The molecule has 2 aliphatic rings. The minimum absolute atomic E-state index is 0.0459. The lowest BCUT2D eigenvalue weighted by molar-refractivity contribution is 0.115. The summed E-state index contributed by atoms with van der Waals surface area (Å²) in [5, 5.41) is 0.